The SMILES string of the molecule is CCN(C)CCn1cncc1CCN. The van der Waals surface area contributed by atoms with Crippen LogP contribution in [0.25, 0.3) is 0 Å². The summed E-state index contributed by atoms with van der Waals surface area (Å²) in [5.41, 5.74) is 6.75. The van der Waals surface area contributed by atoms with Crippen molar-refractivity contribution in [1.29, 1.82) is 0 Å². The number of hydrogen-bond acceptors (Lipinski definition) is 3. The summed E-state index contributed by atoms with van der Waals surface area (Å²) in [6.07, 6.45) is 4.70. The van der Waals surface area contributed by atoms with Gasteiger partial charge in [0.2, 0.25) is 0 Å². The van der Waals surface area contributed by atoms with Crippen LogP contribution in [0.5, 0.6) is 0 Å². The number of nitrogens with zero attached hydrogens (tertiary/aromatic N) is 3. The van der Waals surface area contributed by atoms with Gasteiger partial charge < -0.3 is 15.2 Å². The Labute approximate surface area is 85.7 Å². The average molecular weight is 196 g/mol. The average Bonchev–Trinajstić information content (AvgIpc) is 2.62. The second-order valence-corrected chi connectivity index (χ2v) is 3.51. The number of nitrogens with two attached hydrogens (primary N) is 1. The topological polar surface area (TPSA) is 47.1 Å². The normalized spacial score (nSPS) is 11.1. The molecule has 80 valence electrons. The first-order chi connectivity index (χ1) is 6.77. The summed E-state index contributed by atoms with van der Waals surface area (Å²) >= 11 is 0. The van der Waals surface area contributed by atoms with Crippen LogP contribution in [-0.4, -0.2) is 41.1 Å². The van der Waals surface area contributed by atoms with Crippen LogP contribution in [0, 0.1) is 0 Å². The number of imidazole rings is 1. The summed E-state index contributed by atoms with van der Waals surface area (Å²) in [5, 5.41) is 0. The highest BCUT2D eigenvalue weighted by molar-refractivity contribution is 4.98. The van der Waals surface area contributed by atoms with E-state index in [-0.39, 0.29) is 0 Å². The van der Waals surface area contributed by atoms with Crippen LogP contribution >= 0.6 is 0 Å². The lowest BCUT2D eigenvalue weighted by Crippen LogP contribution is -2.23. The number of likely N-dealkylation sites (N-methyl/N-ethyl adjacent to an activating group) is 1. The van der Waals surface area contributed by atoms with Gasteiger partial charge in [-0.2, -0.15) is 0 Å². The third-order valence-electron chi connectivity index (χ3n) is 2.46. The van der Waals surface area contributed by atoms with E-state index in [0.29, 0.717) is 6.54 Å². The fraction of sp³-hybridized carbons (Fsp3) is 0.700. The van der Waals surface area contributed by atoms with Crippen molar-refractivity contribution in [1.82, 2.24) is 14.5 Å². The van der Waals surface area contributed by atoms with E-state index >= 15 is 0 Å². The third-order valence-corrected chi connectivity index (χ3v) is 2.46. The molecule has 0 bridgehead atoms. The van der Waals surface area contributed by atoms with E-state index in [1.54, 1.807) is 0 Å². The molecule has 0 saturated heterocycles. The van der Waals surface area contributed by atoms with Crippen LogP contribution in [0.2, 0.25) is 0 Å². The molecule has 1 aromatic rings. The van der Waals surface area contributed by atoms with Crippen molar-refractivity contribution in [2.75, 3.05) is 26.7 Å². The molecule has 1 rings (SSSR count). The van der Waals surface area contributed by atoms with E-state index in [0.717, 1.165) is 26.1 Å². The van der Waals surface area contributed by atoms with Crippen LogP contribution < -0.4 is 5.73 Å². The molecule has 1 heterocycles. The standard InChI is InChI=1S/C10H20N4/c1-3-13(2)6-7-14-9-12-8-10(14)4-5-11/h8-9H,3-7,11H2,1-2H3. The Bertz CT molecular complexity index is 256. The molecule has 0 aliphatic rings. The Morgan fingerprint density at radius 1 is 1.57 bits per heavy atom. The quantitative estimate of drug-likeness (QED) is 0.713. The number of rotatable bonds is 6. The van der Waals surface area contributed by atoms with E-state index in [4.69, 9.17) is 5.73 Å². The molecule has 0 aromatic carbocycles. The van der Waals surface area contributed by atoms with Gasteiger partial charge in [-0.05, 0) is 20.1 Å². The third kappa shape index (κ3) is 3.12. The summed E-state index contributed by atoms with van der Waals surface area (Å²) < 4.78 is 2.18. The Morgan fingerprint density at radius 2 is 2.36 bits per heavy atom. The minimum Gasteiger partial charge on any atom is -0.333 e. The van der Waals surface area contributed by atoms with Gasteiger partial charge in [0, 0.05) is 31.4 Å². The maximum atomic E-state index is 5.52. The Balaban J connectivity index is 2.45. The van der Waals surface area contributed by atoms with Crippen LogP contribution in [0.4, 0.5) is 0 Å². The maximum Gasteiger partial charge on any atom is 0.0948 e. The largest absolute Gasteiger partial charge is 0.333 e. The van der Waals surface area contributed by atoms with Gasteiger partial charge in [-0.15, -0.1) is 0 Å². The minimum absolute atomic E-state index is 0.690. The molecule has 0 saturated carbocycles. The van der Waals surface area contributed by atoms with Crippen molar-refractivity contribution in [2.24, 2.45) is 5.73 Å². The van der Waals surface area contributed by atoms with Gasteiger partial charge in [0.05, 0.1) is 6.33 Å². The van der Waals surface area contributed by atoms with Gasteiger partial charge in [-0.3, -0.25) is 0 Å². The lowest BCUT2D eigenvalue weighted by atomic mass is 10.3. The van der Waals surface area contributed by atoms with Gasteiger partial charge >= 0.3 is 0 Å². The van der Waals surface area contributed by atoms with Gasteiger partial charge in [-0.25, -0.2) is 4.98 Å². The summed E-state index contributed by atoms with van der Waals surface area (Å²) in [6, 6.07) is 0. The molecule has 0 aliphatic heterocycles. The monoisotopic (exact) mass is 196 g/mol. The summed E-state index contributed by atoms with van der Waals surface area (Å²) in [6.45, 7) is 6.00. The highest BCUT2D eigenvalue weighted by Crippen LogP contribution is 1.99. The maximum absolute atomic E-state index is 5.52. The molecule has 14 heavy (non-hydrogen) atoms. The number of hydrogen-bond donors (Lipinski definition) is 1. The van der Waals surface area contributed by atoms with Crippen LogP contribution in [0.1, 0.15) is 12.6 Å². The summed E-state index contributed by atoms with van der Waals surface area (Å²) in [5.74, 6) is 0. The molecule has 1 aromatic heterocycles. The summed E-state index contributed by atoms with van der Waals surface area (Å²) in [4.78, 5) is 6.42. The lowest BCUT2D eigenvalue weighted by Gasteiger charge is -2.15. The van der Waals surface area contributed by atoms with Crippen molar-refractivity contribution < 1.29 is 0 Å². The lowest BCUT2D eigenvalue weighted by molar-refractivity contribution is 0.333. The summed E-state index contributed by atoms with van der Waals surface area (Å²) in [7, 11) is 2.12. The van der Waals surface area contributed by atoms with Crippen LogP contribution in [-0.2, 0) is 13.0 Å². The highest BCUT2D eigenvalue weighted by Gasteiger charge is 2.01. The Kier molecular flexibility index (Phi) is 4.62. The minimum atomic E-state index is 0.690. The first-order valence-electron chi connectivity index (χ1n) is 5.15. The van der Waals surface area contributed by atoms with E-state index in [9.17, 15) is 0 Å². The van der Waals surface area contributed by atoms with E-state index in [2.05, 4.69) is 28.4 Å². The Hall–Kier alpha value is -0.870. The molecule has 4 heteroatoms. The van der Waals surface area contributed by atoms with Crippen LogP contribution in [0.15, 0.2) is 12.5 Å². The zero-order valence-corrected chi connectivity index (χ0v) is 9.11. The van der Waals surface area contributed by atoms with Crippen molar-refractivity contribution in [3.05, 3.63) is 18.2 Å². The van der Waals surface area contributed by atoms with Gasteiger partial charge in [0.15, 0.2) is 0 Å². The molecule has 0 fully saturated rings. The molecule has 0 atom stereocenters. The number of aromatic nitrogens is 2. The molecule has 0 spiro atoms. The van der Waals surface area contributed by atoms with E-state index in [1.807, 2.05) is 12.5 Å². The van der Waals surface area contributed by atoms with Gasteiger partial charge in [0.25, 0.3) is 0 Å². The van der Waals surface area contributed by atoms with Crippen molar-refractivity contribution in [2.45, 2.75) is 19.9 Å². The predicted octanol–water partition coefficient (Wildman–Crippen LogP) is 0.336. The fourth-order valence-corrected chi connectivity index (χ4v) is 1.34. The predicted molar refractivity (Wildman–Crippen MR) is 58.2 cm³/mol. The Morgan fingerprint density at radius 3 is 3.00 bits per heavy atom. The zero-order valence-electron chi connectivity index (χ0n) is 9.11. The van der Waals surface area contributed by atoms with Crippen molar-refractivity contribution in [3.8, 4) is 0 Å². The van der Waals surface area contributed by atoms with Gasteiger partial charge in [-0.1, -0.05) is 6.92 Å². The second-order valence-electron chi connectivity index (χ2n) is 3.51. The molecule has 0 aliphatic carbocycles. The first-order valence-corrected chi connectivity index (χ1v) is 5.15. The van der Waals surface area contributed by atoms with Crippen molar-refractivity contribution in [3.63, 3.8) is 0 Å². The molecule has 0 unspecified atom stereocenters. The van der Waals surface area contributed by atoms with E-state index < -0.39 is 0 Å². The molecular weight excluding hydrogens is 176 g/mol. The highest BCUT2D eigenvalue weighted by atomic mass is 15.1. The molecule has 0 radical (unpaired) electrons. The van der Waals surface area contributed by atoms with Gasteiger partial charge in [0.1, 0.15) is 0 Å². The van der Waals surface area contributed by atoms with Crippen LogP contribution in [0.3, 0.4) is 0 Å². The first kappa shape index (κ1) is 11.2. The molecule has 4 nitrogen and oxygen atoms in total. The van der Waals surface area contributed by atoms with E-state index in [1.165, 1.54) is 5.69 Å². The molecule has 2 N–H and O–H groups in total. The zero-order chi connectivity index (χ0) is 10.4. The van der Waals surface area contributed by atoms with Crippen molar-refractivity contribution >= 4 is 0 Å². The second kappa shape index (κ2) is 5.78. The molecular formula is C10H20N4. The fourth-order valence-electron chi connectivity index (χ4n) is 1.34. The molecule has 0 amide bonds. The smallest absolute Gasteiger partial charge is 0.0948 e.